The van der Waals surface area contributed by atoms with E-state index in [0.717, 1.165) is 49.7 Å². The maximum Gasteiger partial charge on any atom is 0.338 e. The number of hydrogen-bond donors (Lipinski definition) is 0. The molecule has 1 saturated carbocycles. The molecule has 234 valence electrons. The van der Waals surface area contributed by atoms with E-state index in [1.807, 2.05) is 56.3 Å². The predicted molar refractivity (Wildman–Crippen MR) is 170 cm³/mol. The molecule has 3 aliphatic rings. The van der Waals surface area contributed by atoms with Crippen molar-refractivity contribution in [3.8, 4) is 0 Å². The molecule has 1 spiro atoms. The second-order valence-electron chi connectivity index (χ2n) is 15.6. The van der Waals surface area contributed by atoms with Crippen molar-refractivity contribution in [3.05, 3.63) is 71.3 Å². The third-order valence-corrected chi connectivity index (χ3v) is 9.88. The topological polar surface area (TPSA) is 59.1 Å². The fourth-order valence-electron chi connectivity index (χ4n) is 7.47. The van der Waals surface area contributed by atoms with Crippen LogP contribution in [0.5, 0.6) is 0 Å². The molecule has 0 radical (unpaired) electrons. The van der Waals surface area contributed by atoms with Crippen LogP contribution in [0.3, 0.4) is 0 Å². The monoisotopic (exact) mass is 588 g/mol. The molecule has 1 aliphatic carbocycles. The third kappa shape index (κ3) is 6.56. The van der Waals surface area contributed by atoms with E-state index in [2.05, 4.69) is 63.6 Å². The number of nitrogens with zero attached hydrogens (tertiary/aromatic N) is 2. The summed E-state index contributed by atoms with van der Waals surface area (Å²) in [6.07, 6.45) is 6.08. The van der Waals surface area contributed by atoms with Gasteiger partial charge in [-0.1, -0.05) is 84.0 Å². The Bertz CT molecular complexity index is 1270. The first kappa shape index (κ1) is 31.7. The molecular formula is C37H52N2O4. The lowest BCUT2D eigenvalue weighted by Gasteiger charge is -2.51. The minimum absolute atomic E-state index is 0.113. The average molecular weight is 589 g/mol. The molecule has 2 aromatic rings. The highest BCUT2D eigenvalue weighted by molar-refractivity contribution is 5.89. The second kappa shape index (κ2) is 12.0. The summed E-state index contributed by atoms with van der Waals surface area (Å²) in [7, 11) is 0. The zero-order valence-corrected chi connectivity index (χ0v) is 27.6. The van der Waals surface area contributed by atoms with E-state index in [1.54, 1.807) is 0 Å². The number of amides is 1. The van der Waals surface area contributed by atoms with Crippen molar-refractivity contribution in [2.45, 2.75) is 130 Å². The number of ether oxygens (including phenoxy) is 1. The van der Waals surface area contributed by atoms with Crippen LogP contribution in [0.1, 0.15) is 134 Å². The van der Waals surface area contributed by atoms with E-state index in [9.17, 15) is 9.59 Å². The first-order valence-corrected chi connectivity index (χ1v) is 16.3. The Balaban J connectivity index is 1.52. The zero-order valence-electron chi connectivity index (χ0n) is 27.6. The molecule has 0 bridgehead atoms. The Morgan fingerprint density at radius 3 is 2.16 bits per heavy atom. The van der Waals surface area contributed by atoms with Crippen LogP contribution in [0.25, 0.3) is 0 Å². The molecule has 5 rings (SSSR count). The predicted octanol–water partition coefficient (Wildman–Crippen LogP) is 8.64. The number of benzene rings is 2. The highest BCUT2D eigenvalue weighted by Gasteiger charge is 2.64. The largest absolute Gasteiger partial charge is 0.459 e. The number of carbonyl (C=O) groups excluding carboxylic acids is 2. The highest BCUT2D eigenvalue weighted by Crippen LogP contribution is 2.56. The lowest BCUT2D eigenvalue weighted by molar-refractivity contribution is -0.252. The van der Waals surface area contributed by atoms with Gasteiger partial charge in [0.15, 0.2) is 0 Å². The van der Waals surface area contributed by atoms with Gasteiger partial charge in [-0.2, -0.15) is 5.06 Å². The van der Waals surface area contributed by atoms with Gasteiger partial charge in [0.05, 0.1) is 17.7 Å². The lowest BCUT2D eigenvalue weighted by atomic mass is 9.69. The lowest BCUT2D eigenvalue weighted by Crippen LogP contribution is -2.57. The summed E-state index contributed by atoms with van der Waals surface area (Å²) in [5.41, 5.74) is 2.57. The van der Waals surface area contributed by atoms with Crippen molar-refractivity contribution in [2.24, 2.45) is 16.7 Å². The Kier molecular flexibility index (Phi) is 8.85. The Hall–Kier alpha value is -2.70. The molecule has 2 saturated heterocycles. The molecule has 2 aromatic carbocycles. The van der Waals surface area contributed by atoms with Crippen LogP contribution in [0, 0.1) is 16.7 Å². The number of fused-ring (bicyclic) bond motifs is 2. The molecule has 0 aromatic heterocycles. The summed E-state index contributed by atoms with van der Waals surface area (Å²) in [5, 5.41) is 2.13. The maximum absolute atomic E-state index is 14.7. The summed E-state index contributed by atoms with van der Waals surface area (Å²) in [4.78, 5) is 36.3. The van der Waals surface area contributed by atoms with Gasteiger partial charge in [-0.15, -0.1) is 0 Å². The Labute approximate surface area is 259 Å². The molecule has 0 N–H and O–H groups in total. The molecule has 3 atom stereocenters. The van der Waals surface area contributed by atoms with Crippen molar-refractivity contribution in [3.63, 3.8) is 0 Å². The number of hydrogen-bond acceptors (Lipinski definition) is 5. The summed E-state index contributed by atoms with van der Waals surface area (Å²) >= 11 is 0. The van der Waals surface area contributed by atoms with Crippen LogP contribution in [0.2, 0.25) is 0 Å². The van der Waals surface area contributed by atoms with Crippen LogP contribution in [-0.4, -0.2) is 39.6 Å². The van der Waals surface area contributed by atoms with E-state index in [1.165, 1.54) is 0 Å². The second-order valence-corrected chi connectivity index (χ2v) is 15.6. The normalized spacial score (nSPS) is 27.1. The first-order chi connectivity index (χ1) is 20.2. The maximum atomic E-state index is 14.7. The van der Waals surface area contributed by atoms with E-state index >= 15 is 0 Å². The van der Waals surface area contributed by atoms with Gasteiger partial charge in [-0.25, -0.2) is 4.79 Å². The van der Waals surface area contributed by atoms with Crippen LogP contribution in [-0.2, 0) is 14.4 Å². The van der Waals surface area contributed by atoms with E-state index in [-0.39, 0.29) is 47.0 Å². The van der Waals surface area contributed by atoms with Crippen molar-refractivity contribution in [1.82, 2.24) is 9.96 Å². The number of carbonyl (C=O) groups is 2. The van der Waals surface area contributed by atoms with Crippen molar-refractivity contribution >= 4 is 11.9 Å². The standard InChI is InChI=1S/C37H52N2O4/c1-25(2)42-34(41)28-16-14-26(15-17-28)30(20-21-35(3,4)5)38-33(40)31-24-32(27-12-10-9-11-13-27)43-39(31)37(38)22-18-29(19-23-37)36(6,7)8/h9-17,25,29-32H,18-24H2,1-8H3/t29?,30-,31+,32+,37?/m1/s1. The average Bonchev–Trinajstić information content (AvgIpc) is 3.48. The first-order valence-electron chi connectivity index (χ1n) is 16.3. The van der Waals surface area contributed by atoms with Gasteiger partial charge in [-0.05, 0) is 92.4 Å². The Morgan fingerprint density at radius 1 is 0.977 bits per heavy atom. The number of esters is 1. The summed E-state index contributed by atoms with van der Waals surface area (Å²) < 4.78 is 5.44. The van der Waals surface area contributed by atoms with Crippen LogP contribution in [0.15, 0.2) is 54.6 Å². The van der Waals surface area contributed by atoms with Gasteiger partial charge in [0.1, 0.15) is 17.8 Å². The molecule has 3 fully saturated rings. The van der Waals surface area contributed by atoms with Gasteiger partial charge < -0.3 is 9.64 Å². The zero-order chi connectivity index (χ0) is 31.2. The summed E-state index contributed by atoms with van der Waals surface area (Å²) in [5.74, 6) is 0.457. The molecule has 0 unspecified atom stereocenters. The number of hydroxylamine groups is 2. The van der Waals surface area contributed by atoms with Crippen LogP contribution in [0.4, 0.5) is 0 Å². The van der Waals surface area contributed by atoms with E-state index in [4.69, 9.17) is 9.57 Å². The summed E-state index contributed by atoms with van der Waals surface area (Å²) in [6.45, 7) is 17.5. The van der Waals surface area contributed by atoms with Gasteiger partial charge in [0, 0.05) is 6.42 Å². The summed E-state index contributed by atoms with van der Waals surface area (Å²) in [6, 6.07) is 17.7. The molecule has 6 nitrogen and oxygen atoms in total. The van der Waals surface area contributed by atoms with Crippen LogP contribution < -0.4 is 0 Å². The molecule has 2 heterocycles. The van der Waals surface area contributed by atoms with Crippen molar-refractivity contribution in [1.29, 1.82) is 0 Å². The molecule has 2 aliphatic heterocycles. The minimum Gasteiger partial charge on any atom is -0.459 e. The van der Waals surface area contributed by atoms with Gasteiger partial charge in [-0.3, -0.25) is 9.63 Å². The Morgan fingerprint density at radius 2 is 1.60 bits per heavy atom. The quantitative estimate of drug-likeness (QED) is 0.303. The number of rotatable bonds is 7. The molecule has 6 heteroatoms. The fourth-order valence-corrected chi connectivity index (χ4v) is 7.47. The minimum atomic E-state index is -0.495. The fraction of sp³-hybridized carbons (Fsp3) is 0.622. The van der Waals surface area contributed by atoms with Crippen molar-refractivity contribution in [2.75, 3.05) is 0 Å². The molecule has 1 amide bonds. The highest BCUT2D eigenvalue weighted by atomic mass is 16.7. The third-order valence-electron chi connectivity index (χ3n) is 9.88. The van der Waals surface area contributed by atoms with E-state index < -0.39 is 5.66 Å². The van der Waals surface area contributed by atoms with Crippen molar-refractivity contribution < 1.29 is 19.2 Å². The molecule has 43 heavy (non-hydrogen) atoms. The van der Waals surface area contributed by atoms with Gasteiger partial charge in [0.2, 0.25) is 5.91 Å². The van der Waals surface area contributed by atoms with Gasteiger partial charge >= 0.3 is 5.97 Å². The molecular weight excluding hydrogens is 536 g/mol. The van der Waals surface area contributed by atoms with Crippen LogP contribution >= 0.6 is 0 Å². The van der Waals surface area contributed by atoms with Gasteiger partial charge in [0.25, 0.3) is 0 Å². The van der Waals surface area contributed by atoms with E-state index in [0.29, 0.717) is 17.9 Å². The SMILES string of the molecule is CC(C)OC(=O)c1ccc([C@@H](CCC(C)(C)C)N2C(=O)[C@@H]3C[C@@H](c4ccccc4)ON3C23CCC(C(C)(C)C)CC3)cc1. The smallest absolute Gasteiger partial charge is 0.338 e.